The lowest BCUT2D eigenvalue weighted by atomic mass is 9.86. The van der Waals surface area contributed by atoms with Gasteiger partial charge in [0.2, 0.25) is 0 Å². The van der Waals surface area contributed by atoms with Crippen LogP contribution in [-0.4, -0.2) is 13.0 Å². The summed E-state index contributed by atoms with van der Waals surface area (Å²) in [6, 6.07) is 15.8. The molecule has 26 heavy (non-hydrogen) atoms. The fourth-order valence-corrected chi connectivity index (χ4v) is 2.95. The number of ether oxygens (including phenoxy) is 1. The average Bonchev–Trinajstić information content (AvgIpc) is 2.60. The summed E-state index contributed by atoms with van der Waals surface area (Å²) < 4.78 is 5.23. The van der Waals surface area contributed by atoms with Crippen molar-refractivity contribution in [2.75, 3.05) is 7.11 Å². The quantitative estimate of drug-likeness (QED) is 0.743. The molecular weight excluding hydrogens is 322 g/mol. The Balaban J connectivity index is 2.17. The van der Waals surface area contributed by atoms with E-state index in [0.717, 1.165) is 17.7 Å². The third-order valence-corrected chi connectivity index (χ3v) is 4.54. The van der Waals surface area contributed by atoms with E-state index >= 15 is 0 Å². The van der Waals surface area contributed by atoms with E-state index in [4.69, 9.17) is 4.74 Å². The van der Waals surface area contributed by atoms with E-state index < -0.39 is 0 Å². The first kappa shape index (κ1) is 20.0. The minimum absolute atomic E-state index is 0.0179. The summed E-state index contributed by atoms with van der Waals surface area (Å²) >= 11 is 0. The molecule has 2 rings (SSSR count). The Hall–Kier alpha value is -2.29. The largest absolute Gasteiger partial charge is 0.497 e. The number of benzene rings is 2. The molecule has 0 aromatic heterocycles. The van der Waals surface area contributed by atoms with Gasteiger partial charge in [-0.05, 0) is 53.1 Å². The number of nitrogens with one attached hydrogen (secondary N) is 1. The van der Waals surface area contributed by atoms with Gasteiger partial charge in [-0.3, -0.25) is 4.79 Å². The van der Waals surface area contributed by atoms with E-state index in [2.05, 4.69) is 39.9 Å². The first-order valence-electron chi connectivity index (χ1n) is 9.26. The van der Waals surface area contributed by atoms with Crippen LogP contribution in [0.25, 0.3) is 0 Å². The van der Waals surface area contributed by atoms with Gasteiger partial charge in [-0.1, -0.05) is 58.9 Å². The first-order valence-corrected chi connectivity index (χ1v) is 9.26. The van der Waals surface area contributed by atoms with Crippen molar-refractivity contribution in [3.05, 3.63) is 65.2 Å². The van der Waals surface area contributed by atoms with Crippen LogP contribution in [0.4, 0.5) is 0 Å². The molecule has 3 heteroatoms. The van der Waals surface area contributed by atoms with Gasteiger partial charge in [0.1, 0.15) is 5.75 Å². The lowest BCUT2D eigenvalue weighted by Crippen LogP contribution is -2.29. The summed E-state index contributed by atoms with van der Waals surface area (Å²) in [5.41, 5.74) is 3.10. The van der Waals surface area contributed by atoms with Gasteiger partial charge in [0.25, 0.3) is 5.91 Å². The number of hydrogen-bond acceptors (Lipinski definition) is 2. The predicted octanol–water partition coefficient (Wildman–Crippen LogP) is 5.51. The molecule has 0 bridgehead atoms. The van der Waals surface area contributed by atoms with Crippen LogP contribution in [0.5, 0.6) is 5.75 Å². The Kier molecular flexibility index (Phi) is 6.47. The average molecular weight is 354 g/mol. The number of methoxy groups -OCH3 is 1. The minimum Gasteiger partial charge on any atom is -0.497 e. The zero-order valence-corrected chi connectivity index (χ0v) is 16.8. The summed E-state index contributed by atoms with van der Waals surface area (Å²) in [4.78, 5) is 12.8. The zero-order chi connectivity index (χ0) is 19.3. The zero-order valence-electron chi connectivity index (χ0n) is 16.8. The molecule has 0 radical (unpaired) electrons. The minimum atomic E-state index is -0.0353. The molecule has 0 aliphatic carbocycles. The molecule has 0 fully saturated rings. The summed E-state index contributed by atoms with van der Waals surface area (Å²) in [5, 5.41) is 3.20. The molecule has 2 aromatic carbocycles. The Labute approximate surface area is 157 Å². The van der Waals surface area contributed by atoms with Crippen LogP contribution in [0, 0.1) is 5.92 Å². The third kappa shape index (κ3) is 5.35. The van der Waals surface area contributed by atoms with Crippen LogP contribution in [0.15, 0.2) is 48.5 Å². The maximum atomic E-state index is 12.8. The highest BCUT2D eigenvalue weighted by Gasteiger charge is 2.18. The Morgan fingerprint density at radius 3 is 2.04 bits per heavy atom. The first-order chi connectivity index (χ1) is 12.2. The molecule has 1 amide bonds. The highest BCUT2D eigenvalue weighted by atomic mass is 16.5. The normalized spacial score (nSPS) is 12.7. The van der Waals surface area contributed by atoms with Gasteiger partial charge in [-0.15, -0.1) is 0 Å². The summed E-state index contributed by atoms with van der Waals surface area (Å²) in [6.07, 6.45) is 0.887. The molecule has 2 aromatic rings. The van der Waals surface area contributed by atoms with Crippen LogP contribution in [0.1, 0.15) is 68.6 Å². The lowest BCUT2D eigenvalue weighted by molar-refractivity contribution is 0.0932. The molecule has 1 atom stereocenters. The fraction of sp³-hybridized carbons (Fsp3) is 0.435. The van der Waals surface area contributed by atoms with Gasteiger partial charge in [0.05, 0.1) is 13.2 Å². The number of amides is 1. The molecule has 0 spiro atoms. The molecule has 0 unspecified atom stereocenters. The second-order valence-electron chi connectivity index (χ2n) is 8.26. The smallest absolute Gasteiger partial charge is 0.251 e. The van der Waals surface area contributed by atoms with Crippen LogP contribution in [0.2, 0.25) is 0 Å². The van der Waals surface area contributed by atoms with E-state index in [0.29, 0.717) is 11.5 Å². The highest BCUT2D eigenvalue weighted by molar-refractivity contribution is 5.94. The van der Waals surface area contributed by atoms with Gasteiger partial charge >= 0.3 is 0 Å². The predicted molar refractivity (Wildman–Crippen MR) is 108 cm³/mol. The molecule has 0 aliphatic heterocycles. The summed E-state index contributed by atoms with van der Waals surface area (Å²) in [5.74, 6) is 1.26. The van der Waals surface area contributed by atoms with E-state index in [9.17, 15) is 4.79 Å². The van der Waals surface area contributed by atoms with Crippen molar-refractivity contribution in [3.8, 4) is 5.75 Å². The van der Waals surface area contributed by atoms with E-state index in [1.165, 1.54) is 5.56 Å². The van der Waals surface area contributed by atoms with Crippen LogP contribution in [-0.2, 0) is 5.41 Å². The molecule has 0 aliphatic rings. The number of hydrogen-bond donors (Lipinski definition) is 1. The van der Waals surface area contributed by atoms with Crippen molar-refractivity contribution >= 4 is 5.91 Å². The fourth-order valence-electron chi connectivity index (χ4n) is 2.95. The standard InChI is InChI=1S/C23H31NO2/c1-16(2)15-21(17-9-13-20(26-6)14-10-17)24-22(25)18-7-11-19(12-8-18)23(3,4)5/h7-14,16,21H,15H2,1-6H3,(H,24,25)/t21-/m0/s1. The lowest BCUT2D eigenvalue weighted by Gasteiger charge is -2.22. The van der Waals surface area contributed by atoms with E-state index in [1.54, 1.807) is 7.11 Å². The van der Waals surface area contributed by atoms with Crippen LogP contribution >= 0.6 is 0 Å². The Bertz CT molecular complexity index is 709. The Morgan fingerprint density at radius 1 is 1.00 bits per heavy atom. The SMILES string of the molecule is COc1ccc([C@H](CC(C)C)NC(=O)c2ccc(C(C)(C)C)cc2)cc1. The van der Waals surface area contributed by atoms with Gasteiger partial charge in [-0.25, -0.2) is 0 Å². The molecule has 0 saturated carbocycles. The van der Waals surface area contributed by atoms with E-state index in [-0.39, 0.29) is 17.4 Å². The van der Waals surface area contributed by atoms with Gasteiger partial charge in [0, 0.05) is 5.56 Å². The number of carbonyl (C=O) groups is 1. The van der Waals surface area contributed by atoms with Crippen molar-refractivity contribution in [2.24, 2.45) is 5.92 Å². The molecular formula is C23H31NO2. The Morgan fingerprint density at radius 2 is 1.58 bits per heavy atom. The van der Waals surface area contributed by atoms with Crippen LogP contribution < -0.4 is 10.1 Å². The monoisotopic (exact) mass is 353 g/mol. The molecule has 3 nitrogen and oxygen atoms in total. The summed E-state index contributed by atoms with van der Waals surface area (Å²) in [7, 11) is 1.66. The number of rotatable bonds is 6. The van der Waals surface area contributed by atoms with Crippen molar-refractivity contribution in [3.63, 3.8) is 0 Å². The van der Waals surface area contributed by atoms with Crippen molar-refractivity contribution < 1.29 is 9.53 Å². The second kappa shape index (κ2) is 8.39. The van der Waals surface area contributed by atoms with Crippen LogP contribution in [0.3, 0.4) is 0 Å². The second-order valence-corrected chi connectivity index (χ2v) is 8.26. The topological polar surface area (TPSA) is 38.3 Å². The van der Waals surface area contributed by atoms with Gasteiger partial charge < -0.3 is 10.1 Å². The van der Waals surface area contributed by atoms with Crippen molar-refractivity contribution in [1.29, 1.82) is 0 Å². The highest BCUT2D eigenvalue weighted by Crippen LogP contribution is 2.25. The molecule has 140 valence electrons. The molecule has 1 N–H and O–H groups in total. The van der Waals surface area contributed by atoms with Gasteiger partial charge in [0.15, 0.2) is 0 Å². The third-order valence-electron chi connectivity index (χ3n) is 4.54. The molecule has 0 heterocycles. The maximum Gasteiger partial charge on any atom is 0.251 e. The molecule has 0 saturated heterocycles. The van der Waals surface area contributed by atoms with Crippen molar-refractivity contribution in [2.45, 2.75) is 52.5 Å². The van der Waals surface area contributed by atoms with Gasteiger partial charge in [-0.2, -0.15) is 0 Å². The maximum absolute atomic E-state index is 12.8. The van der Waals surface area contributed by atoms with Crippen molar-refractivity contribution in [1.82, 2.24) is 5.32 Å². The number of carbonyl (C=O) groups excluding carboxylic acids is 1. The summed E-state index contributed by atoms with van der Waals surface area (Å²) in [6.45, 7) is 10.8. The van der Waals surface area contributed by atoms with E-state index in [1.807, 2.05) is 48.5 Å².